The number of hydrogen-bond acceptors (Lipinski definition) is 4. The summed E-state index contributed by atoms with van der Waals surface area (Å²) < 4.78 is 10.5. The number of ether oxygens (including phenoxy) is 1. The van der Waals surface area contributed by atoms with Gasteiger partial charge in [-0.05, 0) is 40.8 Å². The van der Waals surface area contributed by atoms with Crippen molar-refractivity contribution in [2.75, 3.05) is 0 Å². The van der Waals surface area contributed by atoms with Gasteiger partial charge >= 0.3 is 8.60 Å². The average Bonchev–Trinajstić information content (AvgIpc) is 2.45. The highest BCUT2D eigenvalue weighted by Crippen LogP contribution is 2.30. The summed E-state index contributed by atoms with van der Waals surface area (Å²) in [6.07, 6.45) is 0. The highest BCUT2D eigenvalue weighted by molar-refractivity contribution is 7.39. The highest BCUT2D eigenvalue weighted by atomic mass is 31.2. The van der Waals surface area contributed by atoms with Crippen LogP contribution in [-0.2, 0) is 12.0 Å². The Morgan fingerprint density at radius 2 is 1.59 bits per heavy atom. The first-order chi connectivity index (χ1) is 10.3. The van der Waals surface area contributed by atoms with E-state index in [1.54, 1.807) is 24.3 Å². The van der Waals surface area contributed by atoms with Crippen molar-refractivity contribution in [2.45, 2.75) is 32.8 Å². The molecule has 0 heterocycles. The van der Waals surface area contributed by atoms with Gasteiger partial charge in [0, 0.05) is 0 Å². The van der Waals surface area contributed by atoms with Gasteiger partial charge in [-0.1, -0.05) is 45.0 Å². The molecule has 0 aliphatic rings. The van der Waals surface area contributed by atoms with Crippen LogP contribution in [0.15, 0.2) is 48.5 Å². The lowest BCUT2D eigenvalue weighted by atomic mass is 9.86. The molecule has 0 spiro atoms. The van der Waals surface area contributed by atoms with Crippen LogP contribution in [0.3, 0.4) is 0 Å². The molecule has 4 nitrogen and oxygen atoms in total. The average molecular weight is 320 g/mol. The van der Waals surface area contributed by atoms with E-state index < -0.39 is 8.60 Å². The maximum absolute atomic E-state index is 8.79. The van der Waals surface area contributed by atoms with Crippen molar-refractivity contribution < 1.29 is 19.0 Å². The second-order valence-corrected chi connectivity index (χ2v) is 6.74. The second kappa shape index (κ2) is 7.10. The molecule has 0 atom stereocenters. The van der Waals surface area contributed by atoms with Gasteiger partial charge in [-0.3, -0.25) is 0 Å². The minimum absolute atomic E-state index is 0.113. The fourth-order valence-electron chi connectivity index (χ4n) is 1.99. The molecular formula is C17H21O4P. The lowest BCUT2D eigenvalue weighted by molar-refractivity contribution is 0.305. The normalized spacial score (nSPS) is 11.5. The molecule has 0 fully saturated rings. The molecule has 0 amide bonds. The van der Waals surface area contributed by atoms with E-state index in [4.69, 9.17) is 19.0 Å². The van der Waals surface area contributed by atoms with Crippen LogP contribution in [0.5, 0.6) is 11.5 Å². The molecule has 5 heteroatoms. The molecule has 22 heavy (non-hydrogen) atoms. The Labute approximate surface area is 132 Å². The Balaban J connectivity index is 1.98. The van der Waals surface area contributed by atoms with Gasteiger partial charge in [0.1, 0.15) is 18.1 Å². The van der Waals surface area contributed by atoms with Gasteiger partial charge in [-0.15, -0.1) is 0 Å². The summed E-state index contributed by atoms with van der Waals surface area (Å²) >= 11 is 0. The van der Waals surface area contributed by atoms with E-state index in [-0.39, 0.29) is 5.41 Å². The molecule has 2 aromatic rings. The summed E-state index contributed by atoms with van der Waals surface area (Å²) in [4.78, 5) is 17.6. The summed E-state index contributed by atoms with van der Waals surface area (Å²) in [5, 5.41) is 0. The van der Waals surface area contributed by atoms with Crippen molar-refractivity contribution in [3.05, 3.63) is 59.7 Å². The van der Waals surface area contributed by atoms with Crippen LogP contribution in [-0.4, -0.2) is 9.79 Å². The third-order valence-electron chi connectivity index (χ3n) is 3.21. The van der Waals surface area contributed by atoms with E-state index >= 15 is 0 Å². The topological polar surface area (TPSA) is 58.9 Å². The molecular weight excluding hydrogens is 299 g/mol. The molecule has 0 unspecified atom stereocenters. The van der Waals surface area contributed by atoms with Gasteiger partial charge in [0.2, 0.25) is 0 Å². The fourth-order valence-corrected chi connectivity index (χ4v) is 2.30. The minimum atomic E-state index is -2.39. The standard InChI is InChI=1S/C17H21O4P/c1-17(2,3)14-6-4-5-13(11-14)12-20-15-7-9-16(10-8-15)21-22(18)19/h4-11,18-19H,12H2,1-3H3. The number of hydrogen-bond donors (Lipinski definition) is 2. The molecule has 2 aromatic carbocycles. The maximum Gasteiger partial charge on any atom is 0.391 e. The van der Waals surface area contributed by atoms with Crippen molar-refractivity contribution in [3.8, 4) is 11.5 Å². The zero-order valence-electron chi connectivity index (χ0n) is 13.0. The maximum atomic E-state index is 8.79. The van der Waals surface area contributed by atoms with Crippen LogP contribution < -0.4 is 9.26 Å². The first-order valence-electron chi connectivity index (χ1n) is 7.03. The monoisotopic (exact) mass is 320 g/mol. The fraction of sp³-hybridized carbons (Fsp3) is 0.294. The molecule has 118 valence electrons. The van der Waals surface area contributed by atoms with Crippen LogP contribution in [0.2, 0.25) is 0 Å². The van der Waals surface area contributed by atoms with Crippen molar-refractivity contribution >= 4 is 8.60 Å². The van der Waals surface area contributed by atoms with Gasteiger partial charge in [0.05, 0.1) is 0 Å². The molecule has 2 N–H and O–H groups in total. The SMILES string of the molecule is CC(C)(C)c1cccc(COc2ccc(OP(O)O)cc2)c1. The summed E-state index contributed by atoms with van der Waals surface area (Å²) in [6.45, 7) is 7.03. The minimum Gasteiger partial charge on any atom is -0.489 e. The van der Waals surface area contributed by atoms with E-state index in [1.165, 1.54) is 5.56 Å². The van der Waals surface area contributed by atoms with E-state index in [0.717, 1.165) is 5.56 Å². The number of rotatable bonds is 5. The molecule has 0 bridgehead atoms. The summed E-state index contributed by atoms with van der Waals surface area (Å²) in [5.74, 6) is 1.10. The van der Waals surface area contributed by atoms with Crippen molar-refractivity contribution in [3.63, 3.8) is 0 Å². The molecule has 0 aliphatic heterocycles. The summed E-state index contributed by atoms with van der Waals surface area (Å²) in [6, 6.07) is 15.1. The molecule has 0 radical (unpaired) electrons. The third kappa shape index (κ3) is 4.99. The van der Waals surface area contributed by atoms with Crippen molar-refractivity contribution in [2.24, 2.45) is 0 Å². The lowest BCUT2D eigenvalue weighted by Gasteiger charge is -2.19. The molecule has 0 aromatic heterocycles. The molecule has 0 saturated carbocycles. The smallest absolute Gasteiger partial charge is 0.391 e. The Kier molecular flexibility index (Phi) is 5.41. The van der Waals surface area contributed by atoms with Crippen molar-refractivity contribution in [1.29, 1.82) is 0 Å². The highest BCUT2D eigenvalue weighted by Gasteiger charge is 2.13. The summed E-state index contributed by atoms with van der Waals surface area (Å²) in [7, 11) is -2.39. The number of benzene rings is 2. The Morgan fingerprint density at radius 1 is 0.955 bits per heavy atom. The Morgan fingerprint density at radius 3 is 2.18 bits per heavy atom. The van der Waals surface area contributed by atoms with Gasteiger partial charge < -0.3 is 19.0 Å². The predicted octanol–water partition coefficient (Wildman–Crippen LogP) is 4.15. The van der Waals surface area contributed by atoms with E-state index in [0.29, 0.717) is 18.1 Å². The van der Waals surface area contributed by atoms with E-state index in [1.807, 2.05) is 12.1 Å². The van der Waals surface area contributed by atoms with Gasteiger partial charge in [0.15, 0.2) is 0 Å². The first-order valence-corrected chi connectivity index (χ1v) is 8.19. The Hall–Kier alpha value is -1.61. The third-order valence-corrected chi connectivity index (χ3v) is 3.58. The quantitative estimate of drug-likeness (QED) is 0.812. The van der Waals surface area contributed by atoms with Crippen LogP contribution in [0.25, 0.3) is 0 Å². The predicted molar refractivity (Wildman–Crippen MR) is 87.9 cm³/mol. The zero-order chi connectivity index (χ0) is 16.2. The van der Waals surface area contributed by atoms with Gasteiger partial charge in [0.25, 0.3) is 0 Å². The van der Waals surface area contributed by atoms with Crippen molar-refractivity contribution in [1.82, 2.24) is 0 Å². The molecule has 0 aliphatic carbocycles. The summed E-state index contributed by atoms with van der Waals surface area (Å²) in [5.41, 5.74) is 2.50. The van der Waals surface area contributed by atoms with Crippen LogP contribution in [0.4, 0.5) is 0 Å². The van der Waals surface area contributed by atoms with Gasteiger partial charge in [-0.25, -0.2) is 0 Å². The largest absolute Gasteiger partial charge is 0.489 e. The van der Waals surface area contributed by atoms with Gasteiger partial charge in [-0.2, -0.15) is 0 Å². The van der Waals surface area contributed by atoms with Crippen LogP contribution in [0.1, 0.15) is 31.9 Å². The van der Waals surface area contributed by atoms with E-state index in [2.05, 4.69) is 32.9 Å². The van der Waals surface area contributed by atoms with Crippen LogP contribution >= 0.6 is 8.60 Å². The lowest BCUT2D eigenvalue weighted by Crippen LogP contribution is -2.11. The first kappa shape index (κ1) is 16.8. The zero-order valence-corrected chi connectivity index (χ0v) is 13.9. The van der Waals surface area contributed by atoms with E-state index in [9.17, 15) is 0 Å². The molecule has 0 saturated heterocycles. The van der Waals surface area contributed by atoms with Crippen LogP contribution in [0, 0.1) is 0 Å². The Bertz CT molecular complexity index is 603. The molecule has 2 rings (SSSR count). The second-order valence-electron chi connectivity index (χ2n) is 6.05.